The first-order valence-electron chi connectivity index (χ1n) is 16.9. The van der Waals surface area contributed by atoms with E-state index in [0.29, 0.717) is 42.1 Å². The van der Waals surface area contributed by atoms with E-state index in [0.717, 1.165) is 30.7 Å². The molecule has 1 saturated heterocycles. The zero-order valence-corrected chi connectivity index (χ0v) is 30.6. The maximum atomic E-state index is 13.4. The van der Waals surface area contributed by atoms with E-state index in [2.05, 4.69) is 25.5 Å². The molecule has 2 aromatic carbocycles. The predicted octanol–water partition coefficient (Wildman–Crippen LogP) is 4.79. The van der Waals surface area contributed by atoms with Crippen molar-refractivity contribution in [3.63, 3.8) is 0 Å². The Bertz CT molecular complexity index is 2020. The number of carboxylic acids is 1. The average Bonchev–Trinajstić information content (AvgIpc) is 3.71. The fourth-order valence-electron chi connectivity index (χ4n) is 5.82. The number of rotatable bonds is 17. The number of aromatic nitrogens is 3. The van der Waals surface area contributed by atoms with Gasteiger partial charge < -0.3 is 33.9 Å². The Hall–Kier alpha value is -5.59. The number of ether oxygens (including phenoxy) is 4. The molecular weight excluding hydrogens is 710 g/mol. The summed E-state index contributed by atoms with van der Waals surface area (Å²) in [4.78, 5) is 60.9. The number of amides is 1. The van der Waals surface area contributed by atoms with Crippen LogP contribution in [0.1, 0.15) is 54.4 Å². The summed E-state index contributed by atoms with van der Waals surface area (Å²) in [5, 5.41) is 28.5. The van der Waals surface area contributed by atoms with Crippen LogP contribution in [0.2, 0.25) is 0 Å². The number of nitrogens with zero attached hydrogens (tertiary/aromatic N) is 5. The van der Waals surface area contributed by atoms with Crippen molar-refractivity contribution in [1.29, 1.82) is 0 Å². The molecule has 1 fully saturated rings. The number of aromatic carboxylic acids is 1. The monoisotopic (exact) mass is 751 g/mol. The summed E-state index contributed by atoms with van der Waals surface area (Å²) in [6.45, 7) is 7.93. The third kappa shape index (κ3) is 9.26. The van der Waals surface area contributed by atoms with Crippen LogP contribution in [-0.2, 0) is 22.4 Å². The van der Waals surface area contributed by atoms with Gasteiger partial charge >= 0.3 is 11.9 Å². The van der Waals surface area contributed by atoms with Gasteiger partial charge in [0.25, 0.3) is 11.6 Å². The summed E-state index contributed by atoms with van der Waals surface area (Å²) in [7, 11) is 2.60. The Morgan fingerprint density at radius 3 is 2.53 bits per heavy atom. The minimum absolute atomic E-state index is 0.0235. The number of imidazole rings is 1. The summed E-state index contributed by atoms with van der Waals surface area (Å²) in [5.74, 6) is -1.80. The van der Waals surface area contributed by atoms with Crippen molar-refractivity contribution in [2.24, 2.45) is 0 Å². The number of nitrogens with one attached hydrogen (secondary N) is 2. The van der Waals surface area contributed by atoms with Gasteiger partial charge in [-0.3, -0.25) is 25.1 Å². The van der Waals surface area contributed by atoms with Crippen molar-refractivity contribution in [3.05, 3.63) is 73.2 Å². The number of morpholine rings is 1. The highest BCUT2D eigenvalue weighted by Crippen LogP contribution is 2.37. The molecule has 1 aliphatic heterocycles. The first kappa shape index (κ1) is 38.6. The normalized spacial score (nSPS) is 13.3. The van der Waals surface area contributed by atoms with E-state index in [1.807, 2.05) is 13.8 Å². The van der Waals surface area contributed by atoms with Gasteiger partial charge in [-0.25, -0.2) is 19.6 Å². The number of carbonyl (C=O) groups is 3. The van der Waals surface area contributed by atoms with Gasteiger partial charge in [-0.15, -0.1) is 11.3 Å². The first-order valence-corrected chi connectivity index (χ1v) is 17.7. The smallest absolute Gasteiger partial charge is 0.338 e. The fraction of sp³-hybridized carbons (Fsp3) is 0.400. The van der Waals surface area contributed by atoms with E-state index in [-0.39, 0.29) is 65.2 Å². The van der Waals surface area contributed by atoms with Crippen LogP contribution < -0.4 is 20.1 Å². The predicted molar refractivity (Wildman–Crippen MR) is 197 cm³/mol. The Labute approximate surface area is 308 Å². The molecule has 0 spiro atoms. The lowest BCUT2D eigenvalue weighted by Crippen LogP contribution is -2.37. The largest absolute Gasteiger partial charge is 0.494 e. The molecule has 53 heavy (non-hydrogen) atoms. The lowest BCUT2D eigenvalue weighted by atomic mass is 10.1. The van der Waals surface area contributed by atoms with Crippen LogP contribution in [0, 0.1) is 17.0 Å². The van der Waals surface area contributed by atoms with Gasteiger partial charge in [-0.1, -0.05) is 19.1 Å². The summed E-state index contributed by atoms with van der Waals surface area (Å²) >= 11 is 1.26. The zero-order valence-electron chi connectivity index (χ0n) is 29.8. The molecular formula is C35H41N7O10S. The van der Waals surface area contributed by atoms with E-state index >= 15 is 0 Å². The van der Waals surface area contributed by atoms with Crippen molar-refractivity contribution in [1.82, 2.24) is 19.4 Å². The number of carbonyl (C=O) groups excluding carboxylic acids is 2. The summed E-state index contributed by atoms with van der Waals surface area (Å²) in [6, 6.07) is 5.32. The van der Waals surface area contributed by atoms with Gasteiger partial charge in [0, 0.05) is 38.8 Å². The number of hydrogen-bond donors (Lipinski definition) is 3. The second-order valence-corrected chi connectivity index (χ2v) is 13.0. The third-order valence-corrected chi connectivity index (χ3v) is 9.39. The molecule has 0 bridgehead atoms. The van der Waals surface area contributed by atoms with Gasteiger partial charge in [-0.2, -0.15) is 0 Å². The molecule has 3 heterocycles. The number of nitro benzene ring substituents is 1. The number of benzene rings is 2. The molecule has 4 aromatic rings. The molecule has 0 unspecified atom stereocenters. The molecule has 1 aliphatic rings. The van der Waals surface area contributed by atoms with Crippen LogP contribution in [0.25, 0.3) is 11.0 Å². The highest BCUT2D eigenvalue weighted by atomic mass is 32.1. The Morgan fingerprint density at radius 1 is 1.09 bits per heavy atom. The standard InChI is InChI=1S/C35H41N7O10S/c1-5-24-31(53-21(2)37-24)32(43)39-35-38-25-17-22(33(44)45)19-28(49-3)30(25)41(35)11-7-6-9-36-29-26(42(47)48)18-23(34(46)50-4)20-27(29)52-14-8-10-40-12-15-51-16-13-40/h6-7,17-20,36H,5,8-16H2,1-4H3,(H,44,45)(H,38,39,43)/b7-6+. The molecule has 282 valence electrons. The lowest BCUT2D eigenvalue weighted by Gasteiger charge is -2.26. The minimum atomic E-state index is -1.17. The number of carboxylic acid groups (broad SMARTS) is 1. The van der Waals surface area contributed by atoms with Crippen molar-refractivity contribution in [2.75, 3.05) is 70.9 Å². The maximum absolute atomic E-state index is 13.4. The summed E-state index contributed by atoms with van der Waals surface area (Å²) in [5.41, 5.74) is 1.05. The minimum Gasteiger partial charge on any atom is -0.494 e. The third-order valence-electron chi connectivity index (χ3n) is 8.37. The van der Waals surface area contributed by atoms with Gasteiger partial charge in [0.1, 0.15) is 21.9 Å². The molecule has 5 rings (SSSR count). The Kier molecular flexibility index (Phi) is 12.9. The maximum Gasteiger partial charge on any atom is 0.338 e. The summed E-state index contributed by atoms with van der Waals surface area (Å²) < 4.78 is 23.4. The zero-order chi connectivity index (χ0) is 38.1. The van der Waals surface area contributed by atoms with E-state index in [4.69, 9.17) is 18.9 Å². The van der Waals surface area contributed by atoms with Crippen molar-refractivity contribution in [2.45, 2.75) is 33.2 Å². The highest BCUT2D eigenvalue weighted by molar-refractivity contribution is 7.13. The van der Waals surface area contributed by atoms with Gasteiger partial charge in [0.05, 0.1) is 66.3 Å². The van der Waals surface area contributed by atoms with Crippen LogP contribution in [-0.4, -0.2) is 108 Å². The number of esters is 1. The Morgan fingerprint density at radius 2 is 1.85 bits per heavy atom. The average molecular weight is 752 g/mol. The molecule has 0 atom stereocenters. The molecule has 0 radical (unpaired) electrons. The van der Waals surface area contributed by atoms with Crippen LogP contribution in [0.5, 0.6) is 11.5 Å². The van der Waals surface area contributed by atoms with Crippen LogP contribution in [0.3, 0.4) is 0 Å². The number of nitro groups is 1. The lowest BCUT2D eigenvalue weighted by molar-refractivity contribution is -0.384. The topological polar surface area (TPSA) is 210 Å². The highest BCUT2D eigenvalue weighted by Gasteiger charge is 2.25. The van der Waals surface area contributed by atoms with E-state index in [1.165, 1.54) is 43.8 Å². The molecule has 3 N–H and O–H groups in total. The SMILES string of the molecule is CCc1nc(C)sc1C(=O)Nc1nc2cc(C(=O)O)cc(OC)c2n1C/C=C/CNc1c(OCCCN2CCOCC2)cc(C(=O)OC)cc1[N+](=O)[O-]. The van der Waals surface area contributed by atoms with E-state index in [1.54, 1.807) is 16.7 Å². The number of methoxy groups -OCH3 is 2. The second kappa shape index (κ2) is 17.8. The summed E-state index contributed by atoms with van der Waals surface area (Å²) in [6.07, 6.45) is 4.67. The van der Waals surface area contributed by atoms with Crippen molar-refractivity contribution in [3.8, 4) is 11.5 Å². The number of fused-ring (bicyclic) bond motifs is 1. The van der Waals surface area contributed by atoms with E-state index in [9.17, 15) is 29.6 Å². The van der Waals surface area contributed by atoms with Crippen LogP contribution in [0.15, 0.2) is 36.4 Å². The second-order valence-electron chi connectivity index (χ2n) is 11.8. The van der Waals surface area contributed by atoms with Crippen molar-refractivity contribution >= 4 is 57.5 Å². The number of thiazole rings is 1. The van der Waals surface area contributed by atoms with Gasteiger partial charge in [0.15, 0.2) is 5.69 Å². The van der Waals surface area contributed by atoms with Crippen LogP contribution in [0.4, 0.5) is 17.3 Å². The Balaban J connectivity index is 1.39. The molecule has 1 amide bonds. The van der Waals surface area contributed by atoms with Crippen molar-refractivity contribution < 1.29 is 43.4 Å². The number of hydrogen-bond acceptors (Lipinski definition) is 14. The molecule has 2 aromatic heterocycles. The first-order chi connectivity index (χ1) is 25.5. The number of aryl methyl sites for hydroxylation is 2. The molecule has 0 saturated carbocycles. The number of anilines is 2. The number of allylic oxidation sites excluding steroid dienone is 1. The quantitative estimate of drug-likeness (QED) is 0.0436. The van der Waals surface area contributed by atoms with Crippen LogP contribution >= 0.6 is 11.3 Å². The van der Waals surface area contributed by atoms with Gasteiger partial charge in [0.2, 0.25) is 5.95 Å². The fourth-order valence-corrected chi connectivity index (χ4v) is 6.72. The van der Waals surface area contributed by atoms with E-state index < -0.39 is 22.8 Å². The molecule has 0 aliphatic carbocycles. The molecule has 17 nitrogen and oxygen atoms in total. The van der Waals surface area contributed by atoms with Gasteiger partial charge in [-0.05, 0) is 38.0 Å². The molecule has 18 heteroatoms.